The Morgan fingerprint density at radius 2 is 1.00 bits per heavy atom. The molecule has 0 aromatic carbocycles. The van der Waals surface area contributed by atoms with Gasteiger partial charge in [-0.25, -0.2) is 0 Å². The molecule has 0 saturated heterocycles. The third-order valence-corrected chi connectivity index (χ3v) is 6.23. The van der Waals surface area contributed by atoms with Gasteiger partial charge < -0.3 is 9.47 Å². The number of esters is 2. The minimum atomic E-state index is -0.349. The fourth-order valence-corrected chi connectivity index (χ4v) is 3.85. The van der Waals surface area contributed by atoms with Crippen LogP contribution in [0.1, 0.15) is 150 Å². The summed E-state index contributed by atoms with van der Waals surface area (Å²) in [6, 6.07) is 0. The Bertz CT molecular complexity index is 445. The maximum absolute atomic E-state index is 12.2. The van der Waals surface area contributed by atoms with E-state index < -0.39 is 0 Å². The van der Waals surface area contributed by atoms with Gasteiger partial charge in [0, 0.05) is 6.42 Å². The molecule has 0 radical (unpaired) electrons. The molecule has 0 aliphatic carbocycles. The largest absolute Gasteiger partial charge is 0.466 e. The Hall–Kier alpha value is -1.06. The summed E-state index contributed by atoms with van der Waals surface area (Å²) >= 11 is 0. The zero-order chi connectivity index (χ0) is 23.9. The maximum atomic E-state index is 12.2. The minimum absolute atomic E-state index is 0.0200. The standard InChI is InChI=1S/C28H54O4/c1-5-7-20-24-31-26(29)22-18-16-14-12-10-9-11-13-15-17-19-23-28(3,4)27(30)32-25-21-8-6-2/h5-25H2,1-4H3. The van der Waals surface area contributed by atoms with Crippen LogP contribution in [0.15, 0.2) is 0 Å². The lowest BCUT2D eigenvalue weighted by atomic mass is 9.87. The number of unbranched alkanes of at least 4 members (excludes halogenated alkanes) is 14. The highest BCUT2D eigenvalue weighted by Gasteiger charge is 2.28. The first-order valence-corrected chi connectivity index (χ1v) is 13.8. The van der Waals surface area contributed by atoms with E-state index in [0.717, 1.165) is 64.2 Å². The monoisotopic (exact) mass is 454 g/mol. The second-order valence-electron chi connectivity index (χ2n) is 10.0. The molecular formula is C28H54O4. The van der Waals surface area contributed by atoms with Crippen molar-refractivity contribution in [3.8, 4) is 0 Å². The minimum Gasteiger partial charge on any atom is -0.466 e. The Balaban J connectivity index is 3.41. The molecule has 0 rings (SSSR count). The van der Waals surface area contributed by atoms with Gasteiger partial charge in [0.15, 0.2) is 0 Å². The lowest BCUT2D eigenvalue weighted by Crippen LogP contribution is -2.27. The van der Waals surface area contributed by atoms with Crippen LogP contribution in [0, 0.1) is 5.41 Å². The van der Waals surface area contributed by atoms with Crippen molar-refractivity contribution >= 4 is 11.9 Å². The van der Waals surface area contributed by atoms with Gasteiger partial charge in [0.05, 0.1) is 18.6 Å². The SMILES string of the molecule is CCCCCOC(=O)CCCCCCCCCCCCCC(C)(C)C(=O)OCCCCC. The van der Waals surface area contributed by atoms with Gasteiger partial charge in [-0.05, 0) is 39.5 Å². The molecular weight excluding hydrogens is 400 g/mol. The third-order valence-electron chi connectivity index (χ3n) is 6.23. The summed E-state index contributed by atoms with van der Waals surface area (Å²) in [6.45, 7) is 9.52. The van der Waals surface area contributed by atoms with Gasteiger partial charge in [-0.1, -0.05) is 104 Å². The van der Waals surface area contributed by atoms with Crippen molar-refractivity contribution in [1.82, 2.24) is 0 Å². The normalized spacial score (nSPS) is 11.5. The molecule has 32 heavy (non-hydrogen) atoms. The Labute approximate surface area is 199 Å². The van der Waals surface area contributed by atoms with Crippen molar-refractivity contribution in [3.05, 3.63) is 0 Å². The van der Waals surface area contributed by atoms with Crippen LogP contribution in [0.3, 0.4) is 0 Å². The number of hydrogen-bond acceptors (Lipinski definition) is 4. The Morgan fingerprint density at radius 1 is 0.562 bits per heavy atom. The van der Waals surface area contributed by atoms with E-state index in [0.29, 0.717) is 19.6 Å². The first-order valence-electron chi connectivity index (χ1n) is 13.8. The summed E-state index contributed by atoms with van der Waals surface area (Å²) in [5.74, 6) is -0.0502. The molecule has 0 atom stereocenters. The zero-order valence-corrected chi connectivity index (χ0v) is 22.0. The molecule has 0 bridgehead atoms. The summed E-state index contributed by atoms with van der Waals surface area (Å²) < 4.78 is 10.7. The molecule has 0 aromatic rings. The highest BCUT2D eigenvalue weighted by molar-refractivity contribution is 5.75. The second kappa shape index (κ2) is 21.8. The van der Waals surface area contributed by atoms with E-state index in [1.165, 1.54) is 51.4 Å². The molecule has 0 heterocycles. The summed E-state index contributed by atoms with van der Waals surface area (Å²) in [6.07, 6.45) is 21.5. The van der Waals surface area contributed by atoms with Crippen molar-refractivity contribution in [1.29, 1.82) is 0 Å². The van der Waals surface area contributed by atoms with Crippen LogP contribution in [0.5, 0.6) is 0 Å². The highest BCUT2D eigenvalue weighted by Crippen LogP contribution is 2.26. The van der Waals surface area contributed by atoms with Crippen LogP contribution in [0.2, 0.25) is 0 Å². The average Bonchev–Trinajstić information content (AvgIpc) is 2.77. The molecule has 0 fully saturated rings. The van der Waals surface area contributed by atoms with Gasteiger partial charge in [0.2, 0.25) is 0 Å². The smallest absolute Gasteiger partial charge is 0.311 e. The van der Waals surface area contributed by atoms with Gasteiger partial charge in [-0.2, -0.15) is 0 Å². The van der Waals surface area contributed by atoms with Crippen LogP contribution in [-0.4, -0.2) is 25.2 Å². The molecule has 0 aromatic heterocycles. The number of hydrogen-bond donors (Lipinski definition) is 0. The first-order chi connectivity index (χ1) is 15.4. The zero-order valence-electron chi connectivity index (χ0n) is 22.0. The number of ether oxygens (including phenoxy) is 2. The van der Waals surface area contributed by atoms with E-state index in [2.05, 4.69) is 13.8 Å². The van der Waals surface area contributed by atoms with Crippen LogP contribution in [0.25, 0.3) is 0 Å². The number of rotatable bonds is 23. The molecule has 0 aliphatic heterocycles. The number of carbonyl (C=O) groups excluding carboxylic acids is 2. The molecule has 0 spiro atoms. The third kappa shape index (κ3) is 19.6. The van der Waals surface area contributed by atoms with Crippen LogP contribution in [0.4, 0.5) is 0 Å². The molecule has 0 amide bonds. The predicted molar refractivity (Wildman–Crippen MR) is 135 cm³/mol. The molecule has 0 saturated carbocycles. The predicted octanol–water partition coefficient (Wildman–Crippen LogP) is 8.55. The fraction of sp³-hybridized carbons (Fsp3) is 0.929. The molecule has 0 N–H and O–H groups in total. The van der Waals surface area contributed by atoms with Crippen molar-refractivity contribution in [2.24, 2.45) is 5.41 Å². The topological polar surface area (TPSA) is 52.6 Å². The van der Waals surface area contributed by atoms with E-state index in [-0.39, 0.29) is 17.4 Å². The average molecular weight is 455 g/mol. The number of carbonyl (C=O) groups is 2. The van der Waals surface area contributed by atoms with Crippen LogP contribution < -0.4 is 0 Å². The molecule has 0 unspecified atom stereocenters. The van der Waals surface area contributed by atoms with E-state index in [1.54, 1.807) is 0 Å². The summed E-state index contributed by atoms with van der Waals surface area (Å²) in [7, 11) is 0. The van der Waals surface area contributed by atoms with E-state index in [4.69, 9.17) is 9.47 Å². The molecule has 190 valence electrons. The molecule has 4 nitrogen and oxygen atoms in total. The Morgan fingerprint density at radius 3 is 1.50 bits per heavy atom. The van der Waals surface area contributed by atoms with Crippen LogP contribution >= 0.6 is 0 Å². The van der Waals surface area contributed by atoms with Crippen LogP contribution in [-0.2, 0) is 19.1 Å². The summed E-state index contributed by atoms with van der Waals surface area (Å²) in [4.78, 5) is 23.8. The summed E-state index contributed by atoms with van der Waals surface area (Å²) in [5.41, 5.74) is -0.349. The lowest BCUT2D eigenvalue weighted by molar-refractivity contribution is -0.154. The van der Waals surface area contributed by atoms with Gasteiger partial charge in [0.1, 0.15) is 0 Å². The highest BCUT2D eigenvalue weighted by atomic mass is 16.5. The van der Waals surface area contributed by atoms with E-state index in [1.807, 2.05) is 13.8 Å². The van der Waals surface area contributed by atoms with Gasteiger partial charge in [-0.3, -0.25) is 9.59 Å². The molecule has 4 heteroatoms. The van der Waals surface area contributed by atoms with Crippen molar-refractivity contribution in [2.45, 2.75) is 150 Å². The summed E-state index contributed by atoms with van der Waals surface area (Å²) in [5, 5.41) is 0. The van der Waals surface area contributed by atoms with Crippen molar-refractivity contribution < 1.29 is 19.1 Å². The van der Waals surface area contributed by atoms with Gasteiger partial charge >= 0.3 is 11.9 Å². The lowest BCUT2D eigenvalue weighted by Gasteiger charge is -2.22. The van der Waals surface area contributed by atoms with Gasteiger partial charge in [-0.15, -0.1) is 0 Å². The van der Waals surface area contributed by atoms with E-state index >= 15 is 0 Å². The second-order valence-corrected chi connectivity index (χ2v) is 10.0. The van der Waals surface area contributed by atoms with E-state index in [9.17, 15) is 9.59 Å². The maximum Gasteiger partial charge on any atom is 0.311 e. The quantitative estimate of drug-likeness (QED) is 0.115. The van der Waals surface area contributed by atoms with Crippen molar-refractivity contribution in [2.75, 3.05) is 13.2 Å². The fourth-order valence-electron chi connectivity index (χ4n) is 3.85. The molecule has 0 aliphatic rings. The van der Waals surface area contributed by atoms with Gasteiger partial charge in [0.25, 0.3) is 0 Å². The first kappa shape index (κ1) is 30.9. The Kier molecular flexibility index (Phi) is 21.0. The van der Waals surface area contributed by atoms with Crippen molar-refractivity contribution in [3.63, 3.8) is 0 Å².